The summed E-state index contributed by atoms with van der Waals surface area (Å²) in [5.74, 6) is 0.103. The fourth-order valence-electron chi connectivity index (χ4n) is 3.99. The molecule has 0 aromatic heterocycles. The molecule has 0 aliphatic carbocycles. The lowest BCUT2D eigenvalue weighted by Crippen LogP contribution is -2.28. The van der Waals surface area contributed by atoms with Crippen molar-refractivity contribution in [2.75, 3.05) is 43.2 Å². The second kappa shape index (κ2) is 10.2. The van der Waals surface area contributed by atoms with Crippen LogP contribution in [0.4, 0.5) is 25.4 Å². The van der Waals surface area contributed by atoms with Gasteiger partial charge >= 0.3 is 6.09 Å². The van der Waals surface area contributed by atoms with E-state index >= 15 is 4.39 Å². The van der Waals surface area contributed by atoms with Gasteiger partial charge in [-0.3, -0.25) is 14.5 Å². The van der Waals surface area contributed by atoms with Gasteiger partial charge in [0.1, 0.15) is 17.7 Å². The van der Waals surface area contributed by atoms with Crippen molar-refractivity contribution < 1.29 is 28.2 Å². The Bertz CT molecular complexity index is 1080. The predicted molar refractivity (Wildman–Crippen MR) is 127 cm³/mol. The van der Waals surface area contributed by atoms with E-state index in [0.717, 1.165) is 11.3 Å². The average Bonchev–Trinajstić information content (AvgIpc) is 3.36. The molecule has 0 unspecified atom stereocenters. The Morgan fingerprint density at radius 3 is 2.68 bits per heavy atom. The van der Waals surface area contributed by atoms with Crippen LogP contribution in [0.5, 0.6) is 5.75 Å². The van der Waals surface area contributed by atoms with E-state index in [-0.39, 0.29) is 31.4 Å². The minimum atomic E-state index is -0.573. The van der Waals surface area contributed by atoms with Crippen LogP contribution in [0.2, 0.25) is 0 Å². The van der Waals surface area contributed by atoms with Crippen molar-refractivity contribution in [1.82, 2.24) is 10.2 Å². The van der Waals surface area contributed by atoms with Crippen LogP contribution in [0.1, 0.15) is 12.0 Å². The summed E-state index contributed by atoms with van der Waals surface area (Å²) in [4.78, 5) is 40.3. The molecular weight excluding hydrogens is 463 g/mol. The fraction of sp³-hybridized carbons (Fsp3) is 0.348. The van der Waals surface area contributed by atoms with Crippen LogP contribution in [0, 0.1) is 5.82 Å². The van der Waals surface area contributed by atoms with Gasteiger partial charge < -0.3 is 24.6 Å². The number of thiol groups is 1. The Labute approximate surface area is 201 Å². The SMILES string of the molecule is COc1ccc(CN2CN(c3ccc(N4C[C@H](CCNC(=O)S)OC4=O)cc3F)CC2=O)cc1. The summed E-state index contributed by atoms with van der Waals surface area (Å²) >= 11 is 3.63. The Kier molecular flexibility index (Phi) is 7.11. The molecule has 180 valence electrons. The Hall–Kier alpha value is -3.47. The largest absolute Gasteiger partial charge is 0.497 e. The lowest BCUT2D eigenvalue weighted by Gasteiger charge is -2.21. The monoisotopic (exact) mass is 488 g/mol. The molecule has 0 bridgehead atoms. The number of ether oxygens (including phenoxy) is 2. The van der Waals surface area contributed by atoms with Crippen molar-refractivity contribution >= 4 is 41.2 Å². The maximum absolute atomic E-state index is 15.0. The van der Waals surface area contributed by atoms with Crippen molar-refractivity contribution in [3.8, 4) is 5.75 Å². The zero-order chi connectivity index (χ0) is 24.2. The molecule has 0 spiro atoms. The van der Waals surface area contributed by atoms with E-state index in [4.69, 9.17) is 9.47 Å². The molecule has 2 saturated heterocycles. The number of anilines is 2. The molecule has 3 amide bonds. The highest BCUT2D eigenvalue weighted by Gasteiger charge is 2.33. The summed E-state index contributed by atoms with van der Waals surface area (Å²) in [6, 6.07) is 11.9. The number of halogens is 1. The molecule has 2 fully saturated rings. The third-order valence-electron chi connectivity index (χ3n) is 5.75. The van der Waals surface area contributed by atoms with Crippen LogP contribution in [0.25, 0.3) is 0 Å². The third kappa shape index (κ3) is 5.36. The third-order valence-corrected chi connectivity index (χ3v) is 5.91. The van der Waals surface area contributed by atoms with E-state index in [9.17, 15) is 14.4 Å². The second-order valence-electron chi connectivity index (χ2n) is 8.05. The van der Waals surface area contributed by atoms with E-state index in [1.165, 1.54) is 11.0 Å². The molecule has 1 N–H and O–H groups in total. The number of hydrogen-bond donors (Lipinski definition) is 2. The number of benzene rings is 2. The number of amides is 3. The topological polar surface area (TPSA) is 91.4 Å². The molecule has 2 aliphatic rings. The maximum atomic E-state index is 15.0. The molecule has 9 nitrogen and oxygen atoms in total. The molecule has 0 saturated carbocycles. The first kappa shape index (κ1) is 23.7. The van der Waals surface area contributed by atoms with Gasteiger partial charge in [0.05, 0.1) is 38.2 Å². The fourth-order valence-corrected chi connectivity index (χ4v) is 4.10. The van der Waals surface area contributed by atoms with Gasteiger partial charge in [0.2, 0.25) is 5.91 Å². The van der Waals surface area contributed by atoms with Gasteiger partial charge in [-0.25, -0.2) is 9.18 Å². The number of cyclic esters (lactones) is 1. The zero-order valence-electron chi connectivity index (χ0n) is 18.6. The molecule has 34 heavy (non-hydrogen) atoms. The van der Waals surface area contributed by atoms with Crippen molar-refractivity contribution in [2.45, 2.75) is 19.1 Å². The lowest BCUT2D eigenvalue weighted by molar-refractivity contribution is -0.127. The lowest BCUT2D eigenvalue weighted by atomic mass is 10.2. The quantitative estimate of drug-likeness (QED) is 0.556. The Morgan fingerprint density at radius 2 is 2.00 bits per heavy atom. The smallest absolute Gasteiger partial charge is 0.414 e. The molecule has 11 heteroatoms. The van der Waals surface area contributed by atoms with Crippen LogP contribution >= 0.6 is 12.6 Å². The Morgan fingerprint density at radius 1 is 1.24 bits per heavy atom. The van der Waals surface area contributed by atoms with Crippen molar-refractivity contribution in [3.63, 3.8) is 0 Å². The van der Waals surface area contributed by atoms with Crippen molar-refractivity contribution in [1.29, 1.82) is 0 Å². The molecule has 4 rings (SSSR count). The molecular formula is C23H25FN4O5S. The summed E-state index contributed by atoms with van der Waals surface area (Å²) in [5.41, 5.74) is 1.60. The van der Waals surface area contributed by atoms with E-state index in [2.05, 4.69) is 17.9 Å². The molecule has 0 radical (unpaired) electrons. The van der Waals surface area contributed by atoms with Gasteiger partial charge in [-0.2, -0.15) is 0 Å². The second-order valence-corrected chi connectivity index (χ2v) is 8.46. The standard InChI is InChI=1S/C23H25FN4O5S/c1-32-17-5-2-15(3-6-17)11-27-14-26(13-21(27)29)20-7-4-16(10-19(20)24)28-12-18(33-23(28)31)8-9-25-22(30)34/h2-7,10,18H,8-9,11-14H2,1H3,(H2,25,30,34)/t18-/m0/s1. The number of nitrogens with one attached hydrogen (secondary N) is 1. The summed E-state index contributed by atoms with van der Waals surface area (Å²) in [6.07, 6.45) is -0.566. The number of hydrogen-bond acceptors (Lipinski definition) is 6. The number of methoxy groups -OCH3 is 1. The Balaban J connectivity index is 1.38. The molecule has 1 atom stereocenters. The van der Waals surface area contributed by atoms with Crippen LogP contribution in [0.15, 0.2) is 42.5 Å². The minimum absolute atomic E-state index is 0.0666. The van der Waals surface area contributed by atoms with Crippen LogP contribution in [0.3, 0.4) is 0 Å². The number of carbonyl (C=O) groups excluding carboxylic acids is 3. The first-order valence-electron chi connectivity index (χ1n) is 10.7. The normalized spacial score (nSPS) is 17.9. The summed E-state index contributed by atoms with van der Waals surface area (Å²) in [7, 11) is 1.59. The molecule has 2 aromatic carbocycles. The predicted octanol–water partition coefficient (Wildman–Crippen LogP) is 3.00. The maximum Gasteiger partial charge on any atom is 0.414 e. The van der Waals surface area contributed by atoms with Gasteiger partial charge in [0.15, 0.2) is 0 Å². The highest BCUT2D eigenvalue weighted by molar-refractivity contribution is 7.96. The van der Waals surface area contributed by atoms with Crippen molar-refractivity contribution in [3.05, 3.63) is 53.8 Å². The summed E-state index contributed by atoms with van der Waals surface area (Å²) in [6.45, 7) is 1.30. The van der Waals surface area contributed by atoms with Crippen LogP contribution in [-0.4, -0.2) is 61.7 Å². The number of nitrogens with zero attached hydrogens (tertiary/aromatic N) is 3. The van der Waals surface area contributed by atoms with Gasteiger partial charge in [0, 0.05) is 19.5 Å². The van der Waals surface area contributed by atoms with Crippen LogP contribution in [-0.2, 0) is 16.1 Å². The van der Waals surface area contributed by atoms with Gasteiger partial charge in [0.25, 0.3) is 5.24 Å². The minimum Gasteiger partial charge on any atom is -0.497 e. The van der Waals surface area contributed by atoms with Gasteiger partial charge in [-0.15, -0.1) is 0 Å². The number of rotatable bonds is 8. The first-order chi connectivity index (χ1) is 16.3. The summed E-state index contributed by atoms with van der Waals surface area (Å²) < 4.78 is 25.5. The summed E-state index contributed by atoms with van der Waals surface area (Å²) in [5, 5.41) is 2.07. The highest BCUT2D eigenvalue weighted by Crippen LogP contribution is 2.30. The van der Waals surface area contributed by atoms with Gasteiger partial charge in [-0.05, 0) is 35.9 Å². The van der Waals surface area contributed by atoms with E-state index in [1.807, 2.05) is 24.3 Å². The van der Waals surface area contributed by atoms with E-state index < -0.39 is 23.3 Å². The van der Waals surface area contributed by atoms with E-state index in [0.29, 0.717) is 25.2 Å². The van der Waals surface area contributed by atoms with Gasteiger partial charge in [-0.1, -0.05) is 24.8 Å². The molecule has 2 aromatic rings. The van der Waals surface area contributed by atoms with Crippen molar-refractivity contribution in [2.24, 2.45) is 0 Å². The zero-order valence-corrected chi connectivity index (χ0v) is 19.5. The molecule has 2 heterocycles. The first-order valence-corrected chi connectivity index (χ1v) is 11.2. The molecule has 2 aliphatic heterocycles. The average molecular weight is 489 g/mol. The van der Waals surface area contributed by atoms with E-state index in [1.54, 1.807) is 29.0 Å². The number of carbonyl (C=O) groups is 3. The van der Waals surface area contributed by atoms with Crippen LogP contribution < -0.4 is 19.9 Å². The highest BCUT2D eigenvalue weighted by atomic mass is 32.1.